The maximum absolute atomic E-state index is 5.47. The van der Waals surface area contributed by atoms with E-state index in [1.807, 2.05) is 7.05 Å². The van der Waals surface area contributed by atoms with Crippen molar-refractivity contribution in [3.05, 3.63) is 12.3 Å². The summed E-state index contributed by atoms with van der Waals surface area (Å²) in [7, 11) is 1.95. The zero-order chi connectivity index (χ0) is 13.5. The van der Waals surface area contributed by atoms with Crippen LogP contribution in [0.4, 0.5) is 0 Å². The lowest BCUT2D eigenvalue weighted by Gasteiger charge is -2.04. The second-order valence-corrected chi connectivity index (χ2v) is 5.28. The molecule has 0 radical (unpaired) electrons. The third-order valence-corrected chi connectivity index (χ3v) is 3.54. The summed E-state index contributed by atoms with van der Waals surface area (Å²) in [6.45, 7) is 4.80. The van der Waals surface area contributed by atoms with Gasteiger partial charge in [0.1, 0.15) is 0 Å². The fourth-order valence-electron chi connectivity index (χ4n) is 2.20. The van der Waals surface area contributed by atoms with Crippen LogP contribution in [0, 0.1) is 0 Å². The predicted octanol–water partition coefficient (Wildman–Crippen LogP) is 4.36. The molecule has 0 aliphatic heterocycles. The maximum atomic E-state index is 5.47. The van der Waals surface area contributed by atoms with Crippen molar-refractivity contribution in [2.45, 2.75) is 77.0 Å². The van der Waals surface area contributed by atoms with Gasteiger partial charge in [-0.05, 0) is 25.8 Å². The molecule has 108 valence electrons. The molecule has 0 aliphatic rings. The molecular formula is C16H34N2. The summed E-state index contributed by atoms with van der Waals surface area (Å²) in [4.78, 5) is 0. The van der Waals surface area contributed by atoms with Crippen molar-refractivity contribution in [2.24, 2.45) is 5.73 Å². The Morgan fingerprint density at radius 3 is 1.56 bits per heavy atom. The summed E-state index contributed by atoms with van der Waals surface area (Å²) in [6, 6.07) is 0. The van der Waals surface area contributed by atoms with Gasteiger partial charge in [0.2, 0.25) is 0 Å². The molecule has 0 aromatic carbocycles. The van der Waals surface area contributed by atoms with Crippen molar-refractivity contribution in [2.75, 3.05) is 13.6 Å². The van der Waals surface area contributed by atoms with Crippen LogP contribution in [0.5, 0.6) is 0 Å². The minimum atomic E-state index is 0.861. The van der Waals surface area contributed by atoms with Gasteiger partial charge < -0.3 is 11.1 Å². The van der Waals surface area contributed by atoms with Crippen LogP contribution in [0.3, 0.4) is 0 Å². The third-order valence-electron chi connectivity index (χ3n) is 3.54. The number of rotatable bonds is 14. The van der Waals surface area contributed by atoms with Crippen LogP contribution >= 0.6 is 0 Å². The summed E-state index contributed by atoms with van der Waals surface area (Å²) in [5.74, 6) is 0. The van der Waals surface area contributed by atoms with Gasteiger partial charge in [-0.15, -0.1) is 0 Å². The Kier molecular flexibility index (Phi) is 14.2. The highest BCUT2D eigenvalue weighted by atomic mass is 14.8. The van der Waals surface area contributed by atoms with E-state index in [2.05, 4.69) is 11.9 Å². The standard InChI is InChI=1S/C16H34N2/c1-16(18-2)14-12-10-8-6-4-3-5-7-9-11-13-15-17/h18H,1,3-15,17H2,2H3. The van der Waals surface area contributed by atoms with Crippen LogP contribution in [-0.2, 0) is 0 Å². The van der Waals surface area contributed by atoms with E-state index in [1.165, 1.54) is 76.3 Å². The monoisotopic (exact) mass is 254 g/mol. The maximum Gasteiger partial charge on any atom is 0.00310 e. The molecule has 0 spiro atoms. The minimum Gasteiger partial charge on any atom is -0.392 e. The summed E-state index contributed by atoms with van der Waals surface area (Å²) in [5, 5.41) is 3.10. The van der Waals surface area contributed by atoms with E-state index < -0.39 is 0 Å². The van der Waals surface area contributed by atoms with E-state index in [-0.39, 0.29) is 0 Å². The molecule has 0 heterocycles. The number of nitrogens with one attached hydrogen (secondary N) is 1. The number of nitrogens with two attached hydrogens (primary N) is 1. The second-order valence-electron chi connectivity index (χ2n) is 5.28. The second kappa shape index (κ2) is 14.6. The molecule has 0 fully saturated rings. The lowest BCUT2D eigenvalue weighted by Crippen LogP contribution is -2.03. The quantitative estimate of drug-likeness (QED) is 0.452. The molecule has 0 aromatic rings. The van der Waals surface area contributed by atoms with Crippen LogP contribution in [0.25, 0.3) is 0 Å². The van der Waals surface area contributed by atoms with Crippen LogP contribution in [0.2, 0.25) is 0 Å². The zero-order valence-corrected chi connectivity index (χ0v) is 12.5. The Labute approximate surface area is 114 Å². The molecule has 3 N–H and O–H groups in total. The molecule has 0 saturated heterocycles. The number of hydrogen-bond donors (Lipinski definition) is 2. The molecule has 0 saturated carbocycles. The third kappa shape index (κ3) is 13.6. The molecule has 0 bridgehead atoms. The Bertz CT molecular complexity index is 178. The number of hydrogen-bond acceptors (Lipinski definition) is 2. The van der Waals surface area contributed by atoms with Crippen molar-refractivity contribution in [1.82, 2.24) is 5.32 Å². The van der Waals surface area contributed by atoms with Crippen LogP contribution in [-0.4, -0.2) is 13.6 Å². The van der Waals surface area contributed by atoms with Gasteiger partial charge >= 0.3 is 0 Å². The topological polar surface area (TPSA) is 38.0 Å². The first-order chi connectivity index (χ1) is 8.81. The molecule has 2 nitrogen and oxygen atoms in total. The van der Waals surface area contributed by atoms with Gasteiger partial charge in [-0.1, -0.05) is 64.4 Å². The zero-order valence-electron chi connectivity index (χ0n) is 12.5. The van der Waals surface area contributed by atoms with E-state index in [0.717, 1.165) is 13.0 Å². The predicted molar refractivity (Wildman–Crippen MR) is 82.7 cm³/mol. The average Bonchev–Trinajstić information content (AvgIpc) is 2.39. The first-order valence-corrected chi connectivity index (χ1v) is 7.87. The van der Waals surface area contributed by atoms with E-state index in [1.54, 1.807) is 0 Å². The van der Waals surface area contributed by atoms with Crippen LogP contribution in [0.1, 0.15) is 77.0 Å². The summed E-state index contributed by atoms with van der Waals surface area (Å²) >= 11 is 0. The van der Waals surface area contributed by atoms with Gasteiger partial charge in [-0.2, -0.15) is 0 Å². The smallest absolute Gasteiger partial charge is 0.00310 e. The van der Waals surface area contributed by atoms with E-state index >= 15 is 0 Å². The van der Waals surface area contributed by atoms with Gasteiger partial charge in [0.15, 0.2) is 0 Å². The highest BCUT2D eigenvalue weighted by molar-refractivity contribution is 4.88. The normalized spacial score (nSPS) is 10.6. The molecule has 0 aromatic heterocycles. The summed E-state index contributed by atoms with van der Waals surface area (Å²) in [6.07, 6.45) is 16.2. The molecule has 0 atom stereocenters. The number of allylic oxidation sites excluding steroid dienone is 1. The van der Waals surface area contributed by atoms with Crippen LogP contribution < -0.4 is 11.1 Å². The van der Waals surface area contributed by atoms with E-state index in [0.29, 0.717) is 0 Å². The number of unbranched alkanes of at least 4 members (excludes halogenated alkanes) is 10. The van der Waals surface area contributed by atoms with Gasteiger partial charge in [0, 0.05) is 12.7 Å². The van der Waals surface area contributed by atoms with Crippen molar-refractivity contribution < 1.29 is 0 Å². The Hall–Kier alpha value is -0.500. The lowest BCUT2D eigenvalue weighted by atomic mass is 10.0. The first kappa shape index (κ1) is 17.5. The van der Waals surface area contributed by atoms with Gasteiger partial charge in [-0.25, -0.2) is 0 Å². The van der Waals surface area contributed by atoms with Crippen molar-refractivity contribution in [3.8, 4) is 0 Å². The molecule has 0 unspecified atom stereocenters. The lowest BCUT2D eigenvalue weighted by molar-refractivity contribution is 0.545. The van der Waals surface area contributed by atoms with E-state index in [4.69, 9.17) is 5.73 Å². The van der Waals surface area contributed by atoms with Crippen molar-refractivity contribution in [1.29, 1.82) is 0 Å². The average molecular weight is 254 g/mol. The molecule has 0 amide bonds. The molecular weight excluding hydrogens is 220 g/mol. The van der Waals surface area contributed by atoms with E-state index in [9.17, 15) is 0 Å². The van der Waals surface area contributed by atoms with Crippen molar-refractivity contribution >= 4 is 0 Å². The van der Waals surface area contributed by atoms with Crippen LogP contribution in [0.15, 0.2) is 12.3 Å². The Morgan fingerprint density at radius 2 is 1.17 bits per heavy atom. The first-order valence-electron chi connectivity index (χ1n) is 7.87. The summed E-state index contributed by atoms with van der Waals surface area (Å²) in [5.41, 5.74) is 6.64. The van der Waals surface area contributed by atoms with Gasteiger partial charge in [0.05, 0.1) is 0 Å². The Morgan fingerprint density at radius 1 is 0.778 bits per heavy atom. The molecule has 18 heavy (non-hydrogen) atoms. The molecule has 0 aliphatic carbocycles. The molecule has 0 rings (SSSR count). The minimum absolute atomic E-state index is 0.861. The highest BCUT2D eigenvalue weighted by Gasteiger charge is 1.94. The molecule has 2 heteroatoms. The SMILES string of the molecule is C=C(CCCCCCCCCCCCCN)NC. The largest absolute Gasteiger partial charge is 0.392 e. The fourth-order valence-corrected chi connectivity index (χ4v) is 2.20. The van der Waals surface area contributed by atoms with Gasteiger partial charge in [-0.3, -0.25) is 0 Å². The Balaban J connectivity index is 2.97. The fraction of sp³-hybridized carbons (Fsp3) is 0.875. The summed E-state index contributed by atoms with van der Waals surface area (Å²) < 4.78 is 0. The highest BCUT2D eigenvalue weighted by Crippen LogP contribution is 2.12. The van der Waals surface area contributed by atoms with Crippen molar-refractivity contribution in [3.63, 3.8) is 0 Å². The van der Waals surface area contributed by atoms with Gasteiger partial charge in [0.25, 0.3) is 0 Å².